The largest absolute Gasteiger partial charge is 0.387 e. The van der Waals surface area contributed by atoms with Crippen molar-refractivity contribution in [1.82, 2.24) is 5.32 Å². The molecule has 82 valence electrons. The molecule has 4 nitrogen and oxygen atoms in total. The second-order valence-corrected chi connectivity index (χ2v) is 4.09. The van der Waals surface area contributed by atoms with Crippen LogP contribution in [-0.4, -0.2) is 24.8 Å². The minimum Gasteiger partial charge on any atom is -0.387 e. The maximum absolute atomic E-state index is 11.2. The van der Waals surface area contributed by atoms with Gasteiger partial charge < -0.3 is 11.1 Å². The molecule has 0 fully saturated rings. The first-order valence-corrected chi connectivity index (χ1v) is 5.00. The molecule has 0 saturated carbocycles. The highest BCUT2D eigenvalue weighted by atomic mass is 16.1. The van der Waals surface area contributed by atoms with E-state index in [1.54, 1.807) is 0 Å². The van der Waals surface area contributed by atoms with E-state index in [1.807, 2.05) is 27.7 Å². The first-order valence-electron chi connectivity index (χ1n) is 5.00. The first-order chi connectivity index (χ1) is 6.43. The predicted molar refractivity (Wildman–Crippen MR) is 59.2 cm³/mol. The van der Waals surface area contributed by atoms with Crippen molar-refractivity contribution < 1.29 is 4.79 Å². The molecule has 0 aromatic heterocycles. The predicted octanol–water partition coefficient (Wildman–Crippen LogP) is 0.772. The zero-order valence-electron chi connectivity index (χ0n) is 9.50. The third kappa shape index (κ3) is 6.46. The summed E-state index contributed by atoms with van der Waals surface area (Å²) in [5.74, 6) is 1.13. The first kappa shape index (κ1) is 12.9. The number of amidine groups is 1. The highest BCUT2D eigenvalue weighted by molar-refractivity contribution is 5.86. The molecule has 0 aliphatic heterocycles. The smallest absolute Gasteiger partial charge is 0.241 e. The molecule has 3 N–H and O–H groups in total. The van der Waals surface area contributed by atoms with E-state index in [0.29, 0.717) is 18.3 Å². The van der Waals surface area contributed by atoms with Crippen LogP contribution in [0.15, 0.2) is 4.99 Å². The number of hydrogen-bond donors (Lipinski definition) is 2. The van der Waals surface area contributed by atoms with E-state index in [9.17, 15) is 4.79 Å². The van der Waals surface area contributed by atoms with Crippen molar-refractivity contribution in [2.45, 2.75) is 27.7 Å². The number of hydrogen-bond acceptors (Lipinski definition) is 2. The van der Waals surface area contributed by atoms with Gasteiger partial charge in [-0.25, -0.2) is 0 Å². The van der Waals surface area contributed by atoms with Crippen molar-refractivity contribution in [1.29, 1.82) is 0 Å². The molecular weight excluding hydrogens is 178 g/mol. The van der Waals surface area contributed by atoms with Crippen molar-refractivity contribution in [3.63, 3.8) is 0 Å². The topological polar surface area (TPSA) is 67.5 Å². The average Bonchev–Trinajstić information content (AvgIpc) is 2.10. The fourth-order valence-electron chi connectivity index (χ4n) is 0.720. The molecule has 0 spiro atoms. The van der Waals surface area contributed by atoms with E-state index >= 15 is 0 Å². The Morgan fingerprint density at radius 3 is 2.36 bits per heavy atom. The minimum absolute atomic E-state index is 0.0673. The van der Waals surface area contributed by atoms with Crippen LogP contribution in [0.1, 0.15) is 27.7 Å². The van der Waals surface area contributed by atoms with E-state index < -0.39 is 0 Å². The summed E-state index contributed by atoms with van der Waals surface area (Å²) in [5.41, 5.74) is 5.59. The molecule has 0 atom stereocenters. The Morgan fingerprint density at radius 1 is 1.36 bits per heavy atom. The van der Waals surface area contributed by atoms with Crippen molar-refractivity contribution in [2.75, 3.05) is 13.1 Å². The highest BCUT2D eigenvalue weighted by Crippen LogP contribution is 1.91. The van der Waals surface area contributed by atoms with Crippen LogP contribution in [0.3, 0.4) is 0 Å². The summed E-state index contributed by atoms with van der Waals surface area (Å²) in [6, 6.07) is 0. The fourth-order valence-corrected chi connectivity index (χ4v) is 0.720. The van der Waals surface area contributed by atoms with Crippen LogP contribution in [0, 0.1) is 11.8 Å². The molecule has 1 amide bonds. The SMILES string of the molecule is CC(C)CNC(=O)CN=C(N)C(C)C. The number of nitrogens with one attached hydrogen (secondary N) is 1. The van der Waals surface area contributed by atoms with Crippen LogP contribution in [0.25, 0.3) is 0 Å². The molecule has 0 heterocycles. The maximum Gasteiger partial charge on any atom is 0.241 e. The summed E-state index contributed by atoms with van der Waals surface area (Å²) >= 11 is 0. The Bertz CT molecular complexity index is 209. The summed E-state index contributed by atoms with van der Waals surface area (Å²) in [5, 5.41) is 2.77. The quantitative estimate of drug-likeness (QED) is 0.507. The zero-order chi connectivity index (χ0) is 11.1. The number of amides is 1. The average molecular weight is 199 g/mol. The van der Waals surface area contributed by atoms with Crippen molar-refractivity contribution in [2.24, 2.45) is 22.6 Å². The van der Waals surface area contributed by atoms with Gasteiger partial charge in [-0.1, -0.05) is 27.7 Å². The van der Waals surface area contributed by atoms with Gasteiger partial charge in [0, 0.05) is 12.5 Å². The number of aliphatic imine (C=N–C) groups is 1. The van der Waals surface area contributed by atoms with Crippen LogP contribution in [0.2, 0.25) is 0 Å². The van der Waals surface area contributed by atoms with Gasteiger partial charge in [0.25, 0.3) is 0 Å². The third-order valence-electron chi connectivity index (χ3n) is 1.70. The molecule has 0 aliphatic carbocycles. The summed E-state index contributed by atoms with van der Waals surface area (Å²) in [6.45, 7) is 8.82. The van der Waals surface area contributed by atoms with Crippen molar-refractivity contribution in [3.05, 3.63) is 0 Å². The molecule has 0 rings (SSSR count). The van der Waals surface area contributed by atoms with Gasteiger partial charge in [0.15, 0.2) is 0 Å². The van der Waals surface area contributed by atoms with Crippen LogP contribution in [0.4, 0.5) is 0 Å². The molecular formula is C10H21N3O. The number of rotatable bonds is 5. The Labute approximate surface area is 86.0 Å². The molecule has 14 heavy (non-hydrogen) atoms. The number of carbonyl (C=O) groups excluding carboxylic acids is 1. The van der Waals surface area contributed by atoms with Gasteiger partial charge in [-0.2, -0.15) is 0 Å². The summed E-state index contributed by atoms with van der Waals surface area (Å²) < 4.78 is 0. The van der Waals surface area contributed by atoms with Crippen LogP contribution >= 0.6 is 0 Å². The Kier molecular flexibility index (Phi) is 5.92. The molecule has 0 radical (unpaired) electrons. The van der Waals surface area contributed by atoms with Crippen LogP contribution in [0.5, 0.6) is 0 Å². The molecule has 0 saturated heterocycles. The summed E-state index contributed by atoms with van der Waals surface area (Å²) in [6.07, 6.45) is 0. The van der Waals surface area contributed by atoms with E-state index in [1.165, 1.54) is 0 Å². The van der Waals surface area contributed by atoms with E-state index in [0.717, 1.165) is 0 Å². The van der Waals surface area contributed by atoms with Crippen molar-refractivity contribution in [3.8, 4) is 0 Å². The normalized spacial score (nSPS) is 12.3. The lowest BCUT2D eigenvalue weighted by molar-refractivity contribution is -0.119. The molecule has 0 unspecified atom stereocenters. The van der Waals surface area contributed by atoms with Gasteiger partial charge in [-0.15, -0.1) is 0 Å². The lowest BCUT2D eigenvalue weighted by Crippen LogP contribution is -2.30. The Morgan fingerprint density at radius 2 is 1.93 bits per heavy atom. The molecule has 0 bridgehead atoms. The summed E-state index contributed by atoms with van der Waals surface area (Å²) in [4.78, 5) is 15.2. The number of nitrogens with zero attached hydrogens (tertiary/aromatic N) is 1. The van der Waals surface area contributed by atoms with Crippen molar-refractivity contribution >= 4 is 11.7 Å². The third-order valence-corrected chi connectivity index (χ3v) is 1.70. The van der Waals surface area contributed by atoms with E-state index in [-0.39, 0.29) is 18.4 Å². The lowest BCUT2D eigenvalue weighted by Gasteiger charge is -2.07. The van der Waals surface area contributed by atoms with Gasteiger partial charge in [-0.3, -0.25) is 9.79 Å². The van der Waals surface area contributed by atoms with Gasteiger partial charge >= 0.3 is 0 Å². The number of carbonyl (C=O) groups is 1. The minimum atomic E-state index is -0.0673. The zero-order valence-corrected chi connectivity index (χ0v) is 9.50. The van der Waals surface area contributed by atoms with E-state index in [4.69, 9.17) is 5.73 Å². The Balaban J connectivity index is 3.79. The van der Waals surface area contributed by atoms with Crippen LogP contribution < -0.4 is 11.1 Å². The standard InChI is InChI=1S/C10H21N3O/c1-7(2)5-12-9(14)6-13-10(11)8(3)4/h7-8H,5-6H2,1-4H3,(H2,11,13)(H,12,14). The highest BCUT2D eigenvalue weighted by Gasteiger charge is 2.03. The second kappa shape index (κ2) is 6.40. The molecule has 4 heteroatoms. The van der Waals surface area contributed by atoms with Gasteiger partial charge in [0.2, 0.25) is 5.91 Å². The van der Waals surface area contributed by atoms with E-state index in [2.05, 4.69) is 10.3 Å². The monoisotopic (exact) mass is 199 g/mol. The summed E-state index contributed by atoms with van der Waals surface area (Å²) in [7, 11) is 0. The lowest BCUT2D eigenvalue weighted by atomic mass is 10.2. The van der Waals surface area contributed by atoms with Gasteiger partial charge in [0.05, 0.1) is 5.84 Å². The Hall–Kier alpha value is -1.06. The van der Waals surface area contributed by atoms with Gasteiger partial charge in [0.1, 0.15) is 6.54 Å². The van der Waals surface area contributed by atoms with Gasteiger partial charge in [-0.05, 0) is 5.92 Å². The second-order valence-electron chi connectivity index (χ2n) is 4.09. The molecule has 0 aliphatic rings. The van der Waals surface area contributed by atoms with Crippen LogP contribution in [-0.2, 0) is 4.79 Å². The maximum atomic E-state index is 11.2. The molecule has 0 aromatic carbocycles. The molecule has 0 aromatic rings. The fraction of sp³-hybridized carbons (Fsp3) is 0.800. The number of nitrogens with two attached hydrogens (primary N) is 1.